The van der Waals surface area contributed by atoms with Crippen molar-refractivity contribution in [2.24, 2.45) is 0 Å². The lowest BCUT2D eigenvalue weighted by atomic mass is 10.1. The largest absolute Gasteiger partial charge is 0.285 e. The van der Waals surface area contributed by atoms with Gasteiger partial charge >= 0.3 is 0 Å². The van der Waals surface area contributed by atoms with Crippen molar-refractivity contribution in [2.75, 3.05) is 18.0 Å². The topological polar surface area (TPSA) is 88.4 Å². The molecule has 3 heterocycles. The maximum Gasteiger partial charge on any atom is 0.262 e. The van der Waals surface area contributed by atoms with Gasteiger partial charge in [-0.25, -0.2) is 4.98 Å². The van der Waals surface area contributed by atoms with Crippen LogP contribution >= 0.6 is 11.3 Å². The van der Waals surface area contributed by atoms with Crippen molar-refractivity contribution in [3.05, 3.63) is 77.1 Å². The van der Waals surface area contributed by atoms with E-state index in [9.17, 15) is 14.4 Å². The molecule has 0 N–H and O–H groups in total. The Morgan fingerprint density at radius 2 is 1.67 bits per heavy atom. The van der Waals surface area contributed by atoms with Gasteiger partial charge < -0.3 is 0 Å². The van der Waals surface area contributed by atoms with Crippen LogP contribution in [0.25, 0.3) is 10.2 Å². The molecule has 166 valence electrons. The average molecular weight is 460 g/mol. The molecule has 0 saturated carbocycles. The van der Waals surface area contributed by atoms with Crippen LogP contribution in [-0.2, 0) is 11.3 Å². The Bertz CT molecular complexity index is 1340. The van der Waals surface area contributed by atoms with Crippen LogP contribution in [0.5, 0.6) is 0 Å². The van der Waals surface area contributed by atoms with Crippen LogP contribution in [0.2, 0.25) is 0 Å². The average Bonchev–Trinajstić information content (AvgIpc) is 3.44. The smallest absolute Gasteiger partial charge is 0.262 e. The molecule has 0 fully saturated rings. The summed E-state index contributed by atoms with van der Waals surface area (Å²) in [6.45, 7) is 4.30. The number of benzene rings is 2. The molecule has 0 spiro atoms. The Balaban J connectivity index is 1.43. The van der Waals surface area contributed by atoms with Gasteiger partial charge in [0.2, 0.25) is 5.91 Å². The summed E-state index contributed by atoms with van der Waals surface area (Å²) in [5, 5.41) is 5.00. The van der Waals surface area contributed by atoms with Crippen LogP contribution in [0, 0.1) is 13.8 Å². The molecule has 4 aromatic rings. The number of anilines is 1. The summed E-state index contributed by atoms with van der Waals surface area (Å²) >= 11 is 1.40. The molecule has 0 bridgehead atoms. The van der Waals surface area contributed by atoms with Gasteiger partial charge in [-0.05, 0) is 44.2 Å². The molecule has 0 aliphatic carbocycles. The van der Waals surface area contributed by atoms with Crippen molar-refractivity contribution >= 4 is 44.4 Å². The van der Waals surface area contributed by atoms with Gasteiger partial charge in [-0.2, -0.15) is 5.10 Å². The maximum atomic E-state index is 13.4. The number of hydrogen-bond donors (Lipinski definition) is 0. The summed E-state index contributed by atoms with van der Waals surface area (Å²) in [6.07, 6.45) is 0. The number of rotatable bonds is 6. The van der Waals surface area contributed by atoms with E-state index in [1.807, 2.05) is 48.9 Å². The number of aromatic nitrogens is 3. The summed E-state index contributed by atoms with van der Waals surface area (Å²) in [4.78, 5) is 46.2. The van der Waals surface area contributed by atoms with Crippen LogP contribution < -0.4 is 4.90 Å². The summed E-state index contributed by atoms with van der Waals surface area (Å²) in [5.41, 5.74) is 3.33. The first kappa shape index (κ1) is 21.0. The van der Waals surface area contributed by atoms with Crippen molar-refractivity contribution in [3.63, 3.8) is 0 Å². The number of fused-ring (bicyclic) bond motifs is 2. The Morgan fingerprint density at radius 1 is 1.00 bits per heavy atom. The van der Waals surface area contributed by atoms with E-state index in [-0.39, 0.29) is 12.5 Å². The van der Waals surface area contributed by atoms with Crippen LogP contribution in [-0.4, -0.2) is 50.5 Å². The predicted octanol–water partition coefficient (Wildman–Crippen LogP) is 3.44. The molecule has 2 aromatic carbocycles. The van der Waals surface area contributed by atoms with Gasteiger partial charge in [0.1, 0.15) is 6.54 Å². The van der Waals surface area contributed by atoms with Gasteiger partial charge in [-0.1, -0.05) is 35.6 Å². The zero-order chi connectivity index (χ0) is 23.1. The highest BCUT2D eigenvalue weighted by Crippen LogP contribution is 2.29. The van der Waals surface area contributed by atoms with E-state index >= 15 is 0 Å². The minimum absolute atomic E-state index is 0.309. The van der Waals surface area contributed by atoms with Gasteiger partial charge in [-0.15, -0.1) is 0 Å². The molecule has 2 aromatic heterocycles. The Labute approximate surface area is 194 Å². The highest BCUT2D eigenvalue weighted by molar-refractivity contribution is 7.22. The molecule has 3 amide bonds. The van der Waals surface area contributed by atoms with Crippen molar-refractivity contribution in [2.45, 2.75) is 20.4 Å². The first-order valence-corrected chi connectivity index (χ1v) is 11.4. The number of carbonyl (C=O) groups excluding carboxylic acids is 3. The molecule has 5 rings (SSSR count). The second-order valence-corrected chi connectivity index (χ2v) is 8.91. The van der Waals surface area contributed by atoms with E-state index in [2.05, 4.69) is 10.1 Å². The molecule has 1 aliphatic heterocycles. The Morgan fingerprint density at radius 3 is 2.30 bits per heavy atom. The van der Waals surface area contributed by atoms with E-state index in [1.54, 1.807) is 29.2 Å². The molecule has 33 heavy (non-hydrogen) atoms. The maximum absolute atomic E-state index is 13.4. The Kier molecular flexibility index (Phi) is 5.26. The van der Waals surface area contributed by atoms with E-state index < -0.39 is 11.8 Å². The molecule has 0 radical (unpaired) electrons. The first-order chi connectivity index (χ1) is 15.9. The second-order valence-electron chi connectivity index (χ2n) is 7.90. The van der Waals surface area contributed by atoms with Crippen LogP contribution in [0.1, 0.15) is 32.1 Å². The molecule has 9 heteroatoms. The van der Waals surface area contributed by atoms with E-state index in [0.29, 0.717) is 29.3 Å². The number of amides is 3. The zero-order valence-electron chi connectivity index (χ0n) is 18.2. The van der Waals surface area contributed by atoms with Gasteiger partial charge in [-0.3, -0.25) is 28.9 Å². The highest BCUT2D eigenvalue weighted by atomic mass is 32.1. The third-order valence-electron chi connectivity index (χ3n) is 5.62. The molecule has 1 aliphatic rings. The SMILES string of the molecule is Cc1cc(C)n(CCN(C(=O)CN2C(=O)c3ccccc3C2=O)c2nc3ccccc3s2)n1. The number of nitrogens with zero attached hydrogens (tertiary/aromatic N) is 5. The number of hydrogen-bond acceptors (Lipinski definition) is 6. The molecular weight excluding hydrogens is 438 g/mol. The monoisotopic (exact) mass is 459 g/mol. The molecule has 8 nitrogen and oxygen atoms in total. The molecule has 0 unspecified atom stereocenters. The first-order valence-electron chi connectivity index (χ1n) is 10.5. The quantitative estimate of drug-likeness (QED) is 0.412. The summed E-state index contributed by atoms with van der Waals surface area (Å²) in [7, 11) is 0. The minimum Gasteiger partial charge on any atom is -0.285 e. The van der Waals surface area contributed by atoms with Gasteiger partial charge in [0, 0.05) is 12.2 Å². The zero-order valence-corrected chi connectivity index (χ0v) is 19.0. The van der Waals surface area contributed by atoms with Gasteiger partial charge in [0.25, 0.3) is 11.8 Å². The predicted molar refractivity (Wildman–Crippen MR) is 125 cm³/mol. The van der Waals surface area contributed by atoms with Crippen LogP contribution in [0.15, 0.2) is 54.6 Å². The number of thiazole rings is 1. The van der Waals surface area contributed by atoms with Crippen LogP contribution in [0.3, 0.4) is 0 Å². The van der Waals surface area contributed by atoms with E-state index in [1.165, 1.54) is 11.3 Å². The third kappa shape index (κ3) is 3.80. The molecule has 0 saturated heterocycles. The molecular formula is C24H21N5O3S. The normalized spacial score (nSPS) is 13.1. The minimum atomic E-state index is -0.452. The van der Waals surface area contributed by atoms with Crippen LogP contribution in [0.4, 0.5) is 5.13 Å². The van der Waals surface area contributed by atoms with Crippen molar-refractivity contribution in [3.8, 4) is 0 Å². The fraction of sp³-hybridized carbons (Fsp3) is 0.208. The Hall–Kier alpha value is -3.85. The summed E-state index contributed by atoms with van der Waals surface area (Å²) in [6, 6.07) is 16.3. The summed E-state index contributed by atoms with van der Waals surface area (Å²) in [5.74, 6) is -1.27. The highest BCUT2D eigenvalue weighted by Gasteiger charge is 2.37. The summed E-state index contributed by atoms with van der Waals surface area (Å²) < 4.78 is 2.79. The van der Waals surface area contributed by atoms with E-state index in [0.717, 1.165) is 26.5 Å². The fourth-order valence-electron chi connectivity index (χ4n) is 4.00. The van der Waals surface area contributed by atoms with Gasteiger partial charge in [0.15, 0.2) is 5.13 Å². The number of para-hydroxylation sites is 1. The number of imide groups is 1. The fourth-order valence-corrected chi connectivity index (χ4v) is 5.01. The lowest BCUT2D eigenvalue weighted by molar-refractivity contribution is -0.119. The second kappa shape index (κ2) is 8.25. The van der Waals surface area contributed by atoms with E-state index in [4.69, 9.17) is 0 Å². The van der Waals surface area contributed by atoms with Crippen molar-refractivity contribution in [1.29, 1.82) is 0 Å². The number of carbonyl (C=O) groups is 3. The lowest BCUT2D eigenvalue weighted by Gasteiger charge is -2.23. The van der Waals surface area contributed by atoms with Crippen molar-refractivity contribution < 1.29 is 14.4 Å². The molecule has 0 atom stereocenters. The number of aryl methyl sites for hydroxylation is 2. The van der Waals surface area contributed by atoms with Crippen molar-refractivity contribution in [1.82, 2.24) is 19.7 Å². The van der Waals surface area contributed by atoms with Gasteiger partial charge in [0.05, 0.1) is 33.6 Å². The standard InChI is InChI=1S/C24H21N5O3S/c1-15-13-16(2)29(26-15)12-11-27(24-25-19-9-5-6-10-20(19)33-24)21(30)14-28-22(31)17-7-3-4-8-18(17)23(28)32/h3-10,13H,11-12,14H2,1-2H3. The third-order valence-corrected chi connectivity index (χ3v) is 6.68. The lowest BCUT2D eigenvalue weighted by Crippen LogP contribution is -2.44.